The first kappa shape index (κ1) is 22.8. The van der Waals surface area contributed by atoms with E-state index >= 15 is 0 Å². The molecular formula is C19H23BF2O7. The van der Waals surface area contributed by atoms with Gasteiger partial charge < -0.3 is 19.2 Å². The fourth-order valence-electron chi connectivity index (χ4n) is 2.86. The lowest BCUT2D eigenvalue weighted by molar-refractivity contribution is -0.152. The Balaban J connectivity index is 2.02. The Labute approximate surface area is 167 Å². The zero-order valence-corrected chi connectivity index (χ0v) is 16.3. The zero-order valence-electron chi connectivity index (χ0n) is 16.3. The lowest BCUT2D eigenvalue weighted by Gasteiger charge is -2.28. The van der Waals surface area contributed by atoms with E-state index in [1.807, 2.05) is 6.92 Å². The van der Waals surface area contributed by atoms with Gasteiger partial charge in [-0.15, -0.1) is 0 Å². The van der Waals surface area contributed by atoms with E-state index in [1.165, 1.54) is 12.1 Å². The highest BCUT2D eigenvalue weighted by Crippen LogP contribution is 2.37. The first-order valence-corrected chi connectivity index (χ1v) is 9.34. The summed E-state index contributed by atoms with van der Waals surface area (Å²) in [6.07, 6.45) is 1.23. The van der Waals surface area contributed by atoms with Crippen molar-refractivity contribution in [2.45, 2.75) is 57.7 Å². The summed E-state index contributed by atoms with van der Waals surface area (Å²) in [5, 5.41) is 10.1. The van der Waals surface area contributed by atoms with Crippen LogP contribution in [0, 0.1) is 0 Å². The Bertz CT molecular complexity index is 763. The van der Waals surface area contributed by atoms with Crippen LogP contribution in [0.25, 0.3) is 0 Å². The minimum atomic E-state index is -3.50. The molecule has 1 N–H and O–H groups in total. The third-order valence-electron chi connectivity index (χ3n) is 4.52. The maximum atomic E-state index is 13.1. The maximum Gasteiger partial charge on any atom is 0.526 e. The molecule has 2 rings (SSSR count). The van der Waals surface area contributed by atoms with E-state index in [0.717, 1.165) is 6.42 Å². The third kappa shape index (κ3) is 6.25. The molecule has 29 heavy (non-hydrogen) atoms. The SMILES string of the molecule is CCCCC(=O)OCOC(=O)c1cccc2c1OB(O)[C@@H](CC(=O)C(C)(F)F)C2. The molecule has 10 heteroatoms. The summed E-state index contributed by atoms with van der Waals surface area (Å²) in [6, 6.07) is 4.54. The van der Waals surface area contributed by atoms with E-state index in [4.69, 9.17) is 14.1 Å². The molecule has 1 aliphatic heterocycles. The Morgan fingerprint density at radius 1 is 1.31 bits per heavy atom. The van der Waals surface area contributed by atoms with Crippen LogP contribution in [0.3, 0.4) is 0 Å². The number of fused-ring (bicyclic) bond motifs is 1. The van der Waals surface area contributed by atoms with Gasteiger partial charge >= 0.3 is 25.0 Å². The number of hydrogen-bond acceptors (Lipinski definition) is 7. The van der Waals surface area contributed by atoms with Gasteiger partial charge in [0.15, 0.2) is 0 Å². The van der Waals surface area contributed by atoms with Gasteiger partial charge in [0, 0.05) is 25.6 Å². The second kappa shape index (κ2) is 9.82. The number of alkyl halides is 2. The Hall–Kier alpha value is -2.49. The molecule has 0 spiro atoms. The highest BCUT2D eigenvalue weighted by atomic mass is 19.3. The van der Waals surface area contributed by atoms with Gasteiger partial charge in [-0.3, -0.25) is 9.59 Å². The van der Waals surface area contributed by atoms with Gasteiger partial charge in [-0.2, -0.15) is 8.78 Å². The third-order valence-corrected chi connectivity index (χ3v) is 4.52. The van der Waals surface area contributed by atoms with Crippen molar-refractivity contribution in [3.05, 3.63) is 29.3 Å². The average Bonchev–Trinajstić information content (AvgIpc) is 2.65. The van der Waals surface area contributed by atoms with E-state index in [-0.39, 0.29) is 24.2 Å². The topological polar surface area (TPSA) is 99.1 Å². The van der Waals surface area contributed by atoms with Gasteiger partial charge in [0.05, 0.1) is 0 Å². The van der Waals surface area contributed by atoms with E-state index in [9.17, 15) is 28.2 Å². The Morgan fingerprint density at radius 2 is 2.03 bits per heavy atom. The summed E-state index contributed by atoms with van der Waals surface area (Å²) in [5.74, 6) is -6.93. The molecule has 158 valence electrons. The first-order valence-electron chi connectivity index (χ1n) is 9.34. The second-order valence-corrected chi connectivity index (χ2v) is 6.95. The van der Waals surface area contributed by atoms with E-state index in [2.05, 4.69) is 0 Å². The van der Waals surface area contributed by atoms with Crippen molar-refractivity contribution >= 4 is 24.8 Å². The molecular weight excluding hydrogens is 389 g/mol. The Morgan fingerprint density at radius 3 is 2.69 bits per heavy atom. The Kier molecular flexibility index (Phi) is 7.72. The van der Waals surface area contributed by atoms with E-state index in [0.29, 0.717) is 18.9 Å². The molecule has 1 aromatic carbocycles. The lowest BCUT2D eigenvalue weighted by atomic mass is 9.64. The summed E-state index contributed by atoms with van der Waals surface area (Å²) >= 11 is 0. The molecule has 0 unspecified atom stereocenters. The maximum absolute atomic E-state index is 13.1. The molecule has 1 aromatic rings. The van der Waals surface area contributed by atoms with Crippen molar-refractivity contribution in [1.29, 1.82) is 0 Å². The van der Waals surface area contributed by atoms with Gasteiger partial charge in [-0.1, -0.05) is 25.5 Å². The number of ketones is 1. The van der Waals surface area contributed by atoms with Crippen molar-refractivity contribution in [3.8, 4) is 5.75 Å². The monoisotopic (exact) mass is 412 g/mol. The smallest absolute Gasteiger partial charge is 0.526 e. The number of unbranched alkanes of at least 4 members (excludes halogenated alkanes) is 1. The van der Waals surface area contributed by atoms with Crippen LogP contribution in [0.15, 0.2) is 18.2 Å². The number of rotatable bonds is 9. The van der Waals surface area contributed by atoms with Gasteiger partial charge in [-0.05, 0) is 24.5 Å². The number of ether oxygens (including phenoxy) is 2. The van der Waals surface area contributed by atoms with E-state index < -0.39 is 49.8 Å². The molecule has 1 heterocycles. The summed E-state index contributed by atoms with van der Waals surface area (Å²) in [5.41, 5.74) is 0.471. The number of benzene rings is 1. The van der Waals surface area contributed by atoms with Crippen molar-refractivity contribution in [2.24, 2.45) is 0 Å². The number of halogens is 2. The average molecular weight is 412 g/mol. The summed E-state index contributed by atoms with van der Waals surface area (Å²) in [6.45, 7) is 1.87. The van der Waals surface area contributed by atoms with Gasteiger partial charge in [-0.25, -0.2) is 4.79 Å². The normalized spacial score (nSPS) is 15.9. The predicted octanol–water partition coefficient (Wildman–Crippen LogP) is 2.93. The molecule has 7 nitrogen and oxygen atoms in total. The number of hydrogen-bond donors (Lipinski definition) is 1. The van der Waals surface area contributed by atoms with Crippen molar-refractivity contribution in [3.63, 3.8) is 0 Å². The highest BCUT2D eigenvalue weighted by molar-refractivity contribution is 6.47. The largest absolute Gasteiger partial charge is 0.535 e. The van der Waals surface area contributed by atoms with Crippen LogP contribution >= 0.6 is 0 Å². The van der Waals surface area contributed by atoms with Crippen molar-refractivity contribution in [2.75, 3.05) is 6.79 Å². The van der Waals surface area contributed by atoms with Crippen LogP contribution in [-0.2, 0) is 25.5 Å². The van der Waals surface area contributed by atoms with Gasteiger partial charge in [0.25, 0.3) is 0 Å². The summed E-state index contributed by atoms with van der Waals surface area (Å²) in [4.78, 5) is 35.3. The fourth-order valence-corrected chi connectivity index (χ4v) is 2.86. The van der Waals surface area contributed by atoms with Crippen LogP contribution in [0.1, 0.15) is 55.5 Å². The van der Waals surface area contributed by atoms with Gasteiger partial charge in [0.1, 0.15) is 11.3 Å². The number of carbonyl (C=O) groups is 3. The fraction of sp³-hybridized carbons (Fsp3) is 0.526. The summed E-state index contributed by atoms with van der Waals surface area (Å²) < 4.78 is 41.4. The molecule has 0 amide bonds. The van der Waals surface area contributed by atoms with Crippen LogP contribution < -0.4 is 4.65 Å². The van der Waals surface area contributed by atoms with Crippen LogP contribution in [0.5, 0.6) is 5.75 Å². The molecule has 1 atom stereocenters. The number of para-hydroxylation sites is 1. The zero-order chi connectivity index (χ0) is 21.6. The minimum absolute atomic E-state index is 0.00300. The first-order chi connectivity index (χ1) is 13.6. The van der Waals surface area contributed by atoms with Crippen molar-refractivity contribution < 1.29 is 42.3 Å². The molecule has 0 saturated heterocycles. The molecule has 1 aliphatic rings. The standard InChI is InChI=1S/C19H23BF2O7/c1-3-4-8-16(24)27-11-28-18(25)14-7-5-6-12-9-13(20(26)29-17(12)14)10-15(23)19(2,21)22/h5-7,13,26H,3-4,8-11H2,1-2H3/t13-/m1/s1. The molecule has 0 radical (unpaired) electrons. The number of Topliss-reactive ketones (excluding diaryl/α,β-unsaturated/α-hetero) is 1. The highest BCUT2D eigenvalue weighted by Gasteiger charge is 2.42. The number of carbonyl (C=O) groups excluding carboxylic acids is 3. The van der Waals surface area contributed by atoms with Crippen LogP contribution in [0.2, 0.25) is 5.82 Å². The molecule has 0 saturated carbocycles. The molecule has 0 aromatic heterocycles. The lowest BCUT2D eigenvalue weighted by Crippen LogP contribution is -2.38. The van der Waals surface area contributed by atoms with Crippen LogP contribution in [0.4, 0.5) is 8.78 Å². The molecule has 0 aliphatic carbocycles. The second-order valence-electron chi connectivity index (χ2n) is 6.95. The summed E-state index contributed by atoms with van der Waals surface area (Å²) in [7, 11) is -1.53. The molecule has 0 fully saturated rings. The van der Waals surface area contributed by atoms with Crippen molar-refractivity contribution in [1.82, 2.24) is 0 Å². The van der Waals surface area contributed by atoms with E-state index in [1.54, 1.807) is 6.07 Å². The number of esters is 2. The van der Waals surface area contributed by atoms with Crippen LogP contribution in [-0.4, -0.2) is 42.6 Å². The minimum Gasteiger partial charge on any atom is -0.535 e. The predicted molar refractivity (Wildman–Crippen MR) is 98.6 cm³/mol. The molecule has 0 bridgehead atoms. The quantitative estimate of drug-likeness (QED) is 0.378. The van der Waals surface area contributed by atoms with Gasteiger partial charge in [0.2, 0.25) is 12.6 Å².